The molecule has 1 N–H and O–H groups in total. The number of carbonyl (C=O) groups excluding carboxylic acids is 1. The molecule has 0 radical (unpaired) electrons. The Morgan fingerprint density at radius 1 is 1.39 bits per heavy atom. The Bertz CT molecular complexity index is 482. The van der Waals surface area contributed by atoms with Crippen LogP contribution < -0.4 is 0 Å². The summed E-state index contributed by atoms with van der Waals surface area (Å²) >= 11 is 0. The van der Waals surface area contributed by atoms with E-state index in [1.54, 1.807) is 12.1 Å². The lowest BCUT2D eigenvalue weighted by atomic mass is 9.82. The summed E-state index contributed by atoms with van der Waals surface area (Å²) < 4.78 is 0. The second-order valence-corrected chi connectivity index (χ2v) is 5.14. The van der Waals surface area contributed by atoms with E-state index in [0.29, 0.717) is 30.1 Å². The molecule has 2 rings (SSSR count). The Hall–Kier alpha value is -1.66. The number of ketones is 1. The topological polar surface area (TPSA) is 61.1 Å². The molecule has 0 aliphatic heterocycles. The van der Waals surface area contributed by atoms with Gasteiger partial charge in [-0.25, -0.2) is 0 Å². The van der Waals surface area contributed by atoms with Gasteiger partial charge in [-0.1, -0.05) is 24.3 Å². The van der Waals surface area contributed by atoms with Gasteiger partial charge in [0, 0.05) is 12.8 Å². The highest BCUT2D eigenvalue weighted by atomic mass is 16.3. The Balaban J connectivity index is 2.18. The number of carbonyl (C=O) groups is 1. The van der Waals surface area contributed by atoms with Gasteiger partial charge in [-0.15, -0.1) is 0 Å². The van der Waals surface area contributed by atoms with Crippen LogP contribution in [0.15, 0.2) is 24.3 Å². The van der Waals surface area contributed by atoms with Gasteiger partial charge in [0.1, 0.15) is 11.9 Å². The molecule has 1 fully saturated rings. The maximum atomic E-state index is 11.4. The Kier molecular flexibility index (Phi) is 3.49. The average molecular weight is 243 g/mol. The molecule has 18 heavy (non-hydrogen) atoms. The molecule has 1 saturated carbocycles. The lowest BCUT2D eigenvalue weighted by molar-refractivity contribution is -0.120. The molecule has 1 aliphatic rings. The zero-order valence-electron chi connectivity index (χ0n) is 10.5. The van der Waals surface area contributed by atoms with Gasteiger partial charge < -0.3 is 5.11 Å². The highest BCUT2D eigenvalue weighted by Gasteiger charge is 2.24. The first kappa shape index (κ1) is 12.8. The standard InChI is InChI=1S/C15H17NO2/c1-15(18,10-16)13-7-5-11(6-8-13)12-3-2-4-14(17)9-12/h5-8,12,18H,2-4,9H2,1H3. The van der Waals surface area contributed by atoms with Gasteiger partial charge in [0.2, 0.25) is 0 Å². The third-order valence-electron chi connectivity index (χ3n) is 3.64. The first-order valence-electron chi connectivity index (χ1n) is 6.28. The van der Waals surface area contributed by atoms with Crippen molar-refractivity contribution < 1.29 is 9.90 Å². The van der Waals surface area contributed by atoms with E-state index in [-0.39, 0.29) is 0 Å². The molecule has 0 saturated heterocycles. The van der Waals surface area contributed by atoms with Gasteiger partial charge >= 0.3 is 0 Å². The fourth-order valence-corrected chi connectivity index (χ4v) is 2.45. The molecular formula is C15H17NO2. The maximum absolute atomic E-state index is 11.4. The van der Waals surface area contributed by atoms with Gasteiger partial charge in [-0.05, 0) is 36.8 Å². The zero-order chi connectivity index (χ0) is 13.2. The summed E-state index contributed by atoms with van der Waals surface area (Å²) in [7, 11) is 0. The quantitative estimate of drug-likeness (QED) is 0.812. The highest BCUT2D eigenvalue weighted by Crippen LogP contribution is 2.32. The van der Waals surface area contributed by atoms with Crippen LogP contribution in [-0.2, 0) is 10.4 Å². The number of rotatable bonds is 2. The van der Waals surface area contributed by atoms with Gasteiger partial charge in [0.15, 0.2) is 5.60 Å². The molecule has 0 bridgehead atoms. The Labute approximate surface area is 107 Å². The van der Waals surface area contributed by atoms with E-state index >= 15 is 0 Å². The number of nitriles is 1. The summed E-state index contributed by atoms with van der Waals surface area (Å²) in [6, 6.07) is 9.26. The van der Waals surface area contributed by atoms with Gasteiger partial charge in [-0.2, -0.15) is 5.26 Å². The minimum absolute atomic E-state index is 0.298. The van der Waals surface area contributed by atoms with E-state index < -0.39 is 5.60 Å². The summed E-state index contributed by atoms with van der Waals surface area (Å²) in [6.45, 7) is 1.48. The molecule has 2 unspecified atom stereocenters. The number of benzene rings is 1. The van der Waals surface area contributed by atoms with Crippen molar-refractivity contribution in [3.63, 3.8) is 0 Å². The van der Waals surface area contributed by atoms with Crippen molar-refractivity contribution in [2.45, 2.75) is 44.1 Å². The van der Waals surface area contributed by atoms with Crippen LogP contribution in [0, 0.1) is 11.3 Å². The Morgan fingerprint density at radius 3 is 2.61 bits per heavy atom. The molecule has 0 aromatic heterocycles. The summed E-state index contributed by atoms with van der Waals surface area (Å²) in [6.07, 6.45) is 3.33. The van der Waals surface area contributed by atoms with E-state index in [1.165, 1.54) is 6.92 Å². The smallest absolute Gasteiger partial charge is 0.173 e. The van der Waals surface area contributed by atoms with Crippen LogP contribution >= 0.6 is 0 Å². The molecular weight excluding hydrogens is 226 g/mol. The van der Waals surface area contributed by atoms with Crippen molar-refractivity contribution in [3.8, 4) is 6.07 Å². The fraction of sp³-hybridized carbons (Fsp3) is 0.467. The van der Waals surface area contributed by atoms with Crippen molar-refractivity contribution in [1.29, 1.82) is 5.26 Å². The molecule has 0 amide bonds. The summed E-state index contributed by atoms with van der Waals surface area (Å²) in [5, 5.41) is 18.7. The van der Waals surface area contributed by atoms with Gasteiger partial charge in [0.05, 0.1) is 0 Å². The van der Waals surface area contributed by atoms with Crippen LogP contribution in [0.1, 0.15) is 49.7 Å². The van der Waals surface area contributed by atoms with Gasteiger partial charge in [-0.3, -0.25) is 4.79 Å². The van der Waals surface area contributed by atoms with Crippen LogP contribution in [0.3, 0.4) is 0 Å². The van der Waals surface area contributed by atoms with Crippen molar-refractivity contribution in [3.05, 3.63) is 35.4 Å². The molecule has 1 aromatic carbocycles. The number of Topliss-reactive ketones (excluding diaryl/α,β-unsaturated/α-hetero) is 1. The van der Waals surface area contributed by atoms with Crippen molar-refractivity contribution in [1.82, 2.24) is 0 Å². The second kappa shape index (κ2) is 4.91. The normalized spacial score (nSPS) is 23.2. The predicted molar refractivity (Wildman–Crippen MR) is 67.8 cm³/mol. The predicted octanol–water partition coefficient (Wildman–Crippen LogP) is 2.64. The van der Waals surface area contributed by atoms with Crippen LogP contribution in [0.2, 0.25) is 0 Å². The number of nitrogens with zero attached hydrogens (tertiary/aromatic N) is 1. The van der Waals surface area contributed by atoms with Crippen molar-refractivity contribution >= 4 is 5.78 Å². The van der Waals surface area contributed by atoms with E-state index in [4.69, 9.17) is 5.26 Å². The highest BCUT2D eigenvalue weighted by molar-refractivity contribution is 5.80. The van der Waals surface area contributed by atoms with Crippen LogP contribution in [-0.4, -0.2) is 10.9 Å². The van der Waals surface area contributed by atoms with Crippen molar-refractivity contribution in [2.24, 2.45) is 0 Å². The monoisotopic (exact) mass is 243 g/mol. The minimum atomic E-state index is -1.44. The minimum Gasteiger partial charge on any atom is -0.372 e. The first-order chi connectivity index (χ1) is 8.53. The molecule has 3 nitrogen and oxygen atoms in total. The molecule has 3 heteroatoms. The zero-order valence-corrected chi connectivity index (χ0v) is 10.5. The summed E-state index contributed by atoms with van der Waals surface area (Å²) in [5.41, 5.74) is 0.275. The molecule has 2 atom stereocenters. The number of aliphatic hydroxyl groups is 1. The molecule has 0 spiro atoms. The summed E-state index contributed by atoms with van der Waals surface area (Å²) in [4.78, 5) is 11.4. The molecule has 94 valence electrons. The fourth-order valence-electron chi connectivity index (χ4n) is 2.45. The third-order valence-corrected chi connectivity index (χ3v) is 3.64. The number of hydrogen-bond donors (Lipinski definition) is 1. The molecule has 1 aromatic rings. The van der Waals surface area contributed by atoms with E-state index in [2.05, 4.69) is 0 Å². The maximum Gasteiger partial charge on any atom is 0.173 e. The van der Waals surface area contributed by atoms with E-state index in [0.717, 1.165) is 18.4 Å². The summed E-state index contributed by atoms with van der Waals surface area (Å²) in [5.74, 6) is 0.631. The first-order valence-corrected chi connectivity index (χ1v) is 6.28. The molecule has 0 heterocycles. The second-order valence-electron chi connectivity index (χ2n) is 5.14. The lowest BCUT2D eigenvalue weighted by Crippen LogP contribution is -2.18. The number of hydrogen-bond acceptors (Lipinski definition) is 3. The van der Waals surface area contributed by atoms with Crippen LogP contribution in [0.4, 0.5) is 0 Å². The molecule has 1 aliphatic carbocycles. The third kappa shape index (κ3) is 2.60. The lowest BCUT2D eigenvalue weighted by Gasteiger charge is -2.22. The average Bonchev–Trinajstić information content (AvgIpc) is 2.39. The Morgan fingerprint density at radius 2 is 2.06 bits per heavy atom. The van der Waals surface area contributed by atoms with E-state index in [9.17, 15) is 9.90 Å². The SMILES string of the molecule is CC(O)(C#N)c1ccc(C2CCCC(=O)C2)cc1. The van der Waals surface area contributed by atoms with Crippen LogP contribution in [0.25, 0.3) is 0 Å². The van der Waals surface area contributed by atoms with E-state index in [1.807, 2.05) is 18.2 Å². The largest absolute Gasteiger partial charge is 0.372 e. The van der Waals surface area contributed by atoms with Crippen molar-refractivity contribution in [2.75, 3.05) is 0 Å². The van der Waals surface area contributed by atoms with Gasteiger partial charge in [0.25, 0.3) is 0 Å². The van der Waals surface area contributed by atoms with Crippen LogP contribution in [0.5, 0.6) is 0 Å².